The number of carbonyl (C=O) groups excluding carboxylic acids is 2. The molecule has 2 heterocycles. The lowest BCUT2D eigenvalue weighted by atomic mass is 9.99. The van der Waals surface area contributed by atoms with Crippen molar-refractivity contribution in [1.82, 2.24) is 0 Å². The largest absolute Gasteiger partial charge is 0.465 e. The summed E-state index contributed by atoms with van der Waals surface area (Å²) in [6, 6.07) is 0. The number of cyclic esters (lactones) is 2. The molecule has 0 saturated carbocycles. The second-order valence-corrected chi connectivity index (χ2v) is 9.84. The van der Waals surface area contributed by atoms with Crippen LogP contribution >= 0.6 is 0 Å². The van der Waals surface area contributed by atoms with Crippen molar-refractivity contribution in [1.29, 1.82) is 0 Å². The van der Waals surface area contributed by atoms with Crippen LogP contribution < -0.4 is 0 Å². The first kappa shape index (κ1) is 19.6. The predicted octanol–water partition coefficient (Wildman–Crippen LogP) is 1.17. The van der Waals surface area contributed by atoms with Gasteiger partial charge in [-0.05, 0) is 37.5 Å². The van der Waals surface area contributed by atoms with Gasteiger partial charge in [-0.15, -0.1) is 0 Å². The lowest BCUT2D eigenvalue weighted by Gasteiger charge is -2.21. The van der Waals surface area contributed by atoms with Crippen LogP contribution in [0.25, 0.3) is 0 Å². The summed E-state index contributed by atoms with van der Waals surface area (Å²) in [5.74, 6) is 2.41. The molecule has 0 aromatic rings. The fourth-order valence-corrected chi connectivity index (χ4v) is 5.91. The Morgan fingerprint density at radius 1 is 0.750 bits per heavy atom. The zero-order chi connectivity index (χ0) is 17.4. The third-order valence-electron chi connectivity index (χ3n) is 4.52. The van der Waals surface area contributed by atoms with E-state index in [0.717, 1.165) is 25.7 Å². The highest BCUT2D eigenvalue weighted by Gasteiger charge is 2.21. The highest BCUT2D eigenvalue weighted by molar-refractivity contribution is 7.88. The van der Waals surface area contributed by atoms with Crippen LogP contribution in [0, 0.1) is 11.8 Å². The van der Waals surface area contributed by atoms with Crippen molar-refractivity contribution >= 4 is 33.5 Å². The van der Waals surface area contributed by atoms with E-state index >= 15 is 0 Å². The number of carbonyl (C=O) groups is 2. The van der Waals surface area contributed by atoms with Crippen molar-refractivity contribution in [2.75, 3.05) is 36.2 Å². The molecule has 2 fully saturated rings. The summed E-state index contributed by atoms with van der Waals surface area (Å²) < 4.78 is 34.0. The van der Waals surface area contributed by atoms with Crippen LogP contribution in [-0.2, 0) is 40.7 Å². The van der Waals surface area contributed by atoms with E-state index in [9.17, 15) is 18.0 Å². The molecule has 0 radical (unpaired) electrons. The monoisotopic (exact) mass is 378 g/mol. The molecule has 0 aromatic carbocycles. The van der Waals surface area contributed by atoms with Gasteiger partial charge in [0.2, 0.25) is 0 Å². The van der Waals surface area contributed by atoms with E-state index in [4.69, 9.17) is 9.47 Å². The summed E-state index contributed by atoms with van der Waals surface area (Å²) in [7, 11) is -1.93. The second kappa shape index (κ2) is 10.3. The molecule has 6 nitrogen and oxygen atoms in total. The van der Waals surface area contributed by atoms with Crippen LogP contribution in [0.2, 0.25) is 0 Å². The lowest BCUT2D eigenvalue weighted by molar-refractivity contribution is -0.150. The van der Waals surface area contributed by atoms with Gasteiger partial charge in [0.25, 0.3) is 0 Å². The molecule has 8 heteroatoms. The molecular weight excluding hydrogens is 352 g/mol. The van der Waals surface area contributed by atoms with E-state index in [1.54, 1.807) is 0 Å². The number of ether oxygens (including phenoxy) is 2. The third-order valence-corrected chi connectivity index (χ3v) is 7.48. The van der Waals surface area contributed by atoms with Crippen LogP contribution in [0.4, 0.5) is 0 Å². The molecule has 0 aliphatic carbocycles. The Hall–Kier alpha value is -0.760. The van der Waals surface area contributed by atoms with E-state index in [1.165, 1.54) is 0 Å². The van der Waals surface area contributed by atoms with Crippen molar-refractivity contribution in [2.24, 2.45) is 11.8 Å². The van der Waals surface area contributed by atoms with Crippen molar-refractivity contribution in [3.63, 3.8) is 0 Å². The molecule has 0 amide bonds. The molecule has 138 valence electrons. The molecule has 24 heavy (non-hydrogen) atoms. The van der Waals surface area contributed by atoms with Gasteiger partial charge < -0.3 is 9.47 Å². The molecule has 0 aromatic heterocycles. The molecule has 2 aliphatic heterocycles. The SMILES string of the molecule is O=C1CCC(CCS(=O)CCS(=O)CCC2CCC(=O)OC2)CO1. The van der Waals surface area contributed by atoms with E-state index in [1.807, 2.05) is 0 Å². The fraction of sp³-hybridized carbons (Fsp3) is 0.875. The molecule has 0 bridgehead atoms. The molecule has 4 unspecified atom stereocenters. The van der Waals surface area contributed by atoms with E-state index < -0.39 is 21.6 Å². The average Bonchev–Trinajstić information content (AvgIpc) is 2.59. The third kappa shape index (κ3) is 7.42. The van der Waals surface area contributed by atoms with Gasteiger partial charge in [-0.25, -0.2) is 0 Å². The van der Waals surface area contributed by atoms with Gasteiger partial charge in [0, 0.05) is 57.5 Å². The van der Waals surface area contributed by atoms with E-state index in [0.29, 0.717) is 60.9 Å². The van der Waals surface area contributed by atoms with Gasteiger partial charge >= 0.3 is 11.9 Å². The van der Waals surface area contributed by atoms with Crippen molar-refractivity contribution in [3.8, 4) is 0 Å². The van der Waals surface area contributed by atoms with Gasteiger partial charge in [0.1, 0.15) is 0 Å². The summed E-state index contributed by atoms with van der Waals surface area (Å²) in [6.07, 6.45) is 4.12. The normalized spacial score (nSPS) is 27.2. The van der Waals surface area contributed by atoms with Gasteiger partial charge in [0.05, 0.1) is 13.2 Å². The molecular formula is C16H26O6S2. The highest BCUT2D eigenvalue weighted by atomic mass is 32.2. The topological polar surface area (TPSA) is 86.7 Å². The minimum absolute atomic E-state index is 0.143. The van der Waals surface area contributed by atoms with E-state index in [-0.39, 0.29) is 11.9 Å². The minimum Gasteiger partial charge on any atom is -0.465 e. The van der Waals surface area contributed by atoms with Gasteiger partial charge in [-0.2, -0.15) is 0 Å². The summed E-state index contributed by atoms with van der Waals surface area (Å²) in [6.45, 7) is 0.877. The van der Waals surface area contributed by atoms with Gasteiger partial charge in [-0.3, -0.25) is 18.0 Å². The van der Waals surface area contributed by atoms with Crippen LogP contribution in [0.15, 0.2) is 0 Å². The molecule has 2 rings (SSSR count). The number of hydrogen-bond acceptors (Lipinski definition) is 6. The number of hydrogen-bond donors (Lipinski definition) is 0. The van der Waals surface area contributed by atoms with Crippen molar-refractivity contribution < 1.29 is 27.5 Å². The Morgan fingerprint density at radius 3 is 1.50 bits per heavy atom. The van der Waals surface area contributed by atoms with Gasteiger partial charge in [0.15, 0.2) is 0 Å². The molecule has 2 aliphatic rings. The Balaban J connectivity index is 1.52. The summed E-state index contributed by atoms with van der Waals surface area (Å²) in [5.41, 5.74) is 0. The number of rotatable bonds is 9. The summed E-state index contributed by atoms with van der Waals surface area (Å²) in [5, 5.41) is 0. The quantitative estimate of drug-likeness (QED) is 0.560. The molecule has 0 N–H and O–H groups in total. The first-order valence-electron chi connectivity index (χ1n) is 8.54. The lowest BCUT2D eigenvalue weighted by Crippen LogP contribution is -2.24. The van der Waals surface area contributed by atoms with E-state index in [2.05, 4.69) is 0 Å². The molecule has 0 spiro atoms. The van der Waals surface area contributed by atoms with Crippen LogP contribution in [0.5, 0.6) is 0 Å². The maximum absolute atomic E-state index is 12.0. The van der Waals surface area contributed by atoms with Crippen molar-refractivity contribution in [3.05, 3.63) is 0 Å². The Labute approximate surface area is 148 Å². The summed E-state index contributed by atoms with van der Waals surface area (Å²) >= 11 is 0. The van der Waals surface area contributed by atoms with Crippen LogP contribution in [0.3, 0.4) is 0 Å². The maximum Gasteiger partial charge on any atom is 0.305 e. The number of esters is 2. The standard InChI is InChI=1S/C16H26O6S2/c17-15-3-1-13(11-21-15)5-7-23(19)9-10-24(20)8-6-14-2-4-16(18)22-12-14/h13-14H,1-12H2. The smallest absolute Gasteiger partial charge is 0.305 e. The Bertz CT molecular complexity index is 429. The molecule has 2 saturated heterocycles. The first-order valence-corrected chi connectivity index (χ1v) is 11.5. The Kier molecular flexibility index (Phi) is 8.38. The average molecular weight is 379 g/mol. The van der Waals surface area contributed by atoms with Crippen molar-refractivity contribution in [2.45, 2.75) is 38.5 Å². The minimum atomic E-state index is -0.967. The fourth-order valence-electron chi connectivity index (χ4n) is 2.82. The van der Waals surface area contributed by atoms with Crippen LogP contribution in [0.1, 0.15) is 38.5 Å². The zero-order valence-corrected chi connectivity index (χ0v) is 15.5. The maximum atomic E-state index is 12.0. The van der Waals surface area contributed by atoms with Gasteiger partial charge in [-0.1, -0.05) is 0 Å². The highest BCUT2D eigenvalue weighted by Crippen LogP contribution is 2.19. The molecule has 4 atom stereocenters. The first-order chi connectivity index (χ1) is 11.5. The van der Waals surface area contributed by atoms with Crippen LogP contribution in [-0.4, -0.2) is 56.6 Å². The predicted molar refractivity (Wildman–Crippen MR) is 92.4 cm³/mol. The Morgan fingerprint density at radius 2 is 1.17 bits per heavy atom. The zero-order valence-electron chi connectivity index (χ0n) is 13.9. The second-order valence-electron chi connectivity index (χ2n) is 6.45. The summed E-state index contributed by atoms with van der Waals surface area (Å²) in [4.78, 5) is 22.0.